The van der Waals surface area contributed by atoms with E-state index in [1.54, 1.807) is 11.3 Å². The first kappa shape index (κ1) is 11.1. The molecule has 0 aromatic carbocycles. The average molecular weight is 224 g/mol. The van der Waals surface area contributed by atoms with Crippen LogP contribution in [0.5, 0.6) is 0 Å². The van der Waals surface area contributed by atoms with Gasteiger partial charge in [-0.15, -0.1) is 11.3 Å². The molecule has 0 spiro atoms. The summed E-state index contributed by atoms with van der Waals surface area (Å²) in [6.45, 7) is 2.04. The van der Waals surface area contributed by atoms with Crippen LogP contribution in [0.25, 0.3) is 0 Å². The molecule has 2 rings (SSSR count). The first-order valence-corrected chi connectivity index (χ1v) is 6.78. The Balaban J connectivity index is 1.78. The van der Waals surface area contributed by atoms with E-state index in [-0.39, 0.29) is 0 Å². The molecule has 1 atom stereocenters. The molecule has 1 saturated carbocycles. The SMILES string of the molecule is Cc1csc(CC(N)CC2CCCC2)n1. The number of hydrogen-bond acceptors (Lipinski definition) is 3. The number of aromatic nitrogens is 1. The smallest absolute Gasteiger partial charge is 0.0943 e. The Hall–Kier alpha value is -0.410. The normalized spacial score (nSPS) is 19.6. The minimum Gasteiger partial charge on any atom is -0.327 e. The van der Waals surface area contributed by atoms with E-state index in [4.69, 9.17) is 5.73 Å². The maximum Gasteiger partial charge on any atom is 0.0943 e. The topological polar surface area (TPSA) is 38.9 Å². The molecule has 0 radical (unpaired) electrons. The van der Waals surface area contributed by atoms with Gasteiger partial charge < -0.3 is 5.73 Å². The van der Waals surface area contributed by atoms with E-state index in [2.05, 4.69) is 10.4 Å². The van der Waals surface area contributed by atoms with E-state index < -0.39 is 0 Å². The Morgan fingerprint density at radius 2 is 2.27 bits per heavy atom. The summed E-state index contributed by atoms with van der Waals surface area (Å²) >= 11 is 1.74. The fraction of sp³-hybridized carbons (Fsp3) is 0.750. The van der Waals surface area contributed by atoms with Crippen LogP contribution in [-0.2, 0) is 6.42 Å². The van der Waals surface area contributed by atoms with E-state index in [1.165, 1.54) is 37.1 Å². The fourth-order valence-electron chi connectivity index (χ4n) is 2.48. The van der Waals surface area contributed by atoms with Crippen LogP contribution >= 0.6 is 11.3 Å². The second-order valence-electron chi connectivity index (χ2n) is 4.73. The third-order valence-corrected chi connectivity index (χ3v) is 4.20. The number of nitrogens with zero attached hydrogens (tertiary/aromatic N) is 1. The summed E-state index contributed by atoms with van der Waals surface area (Å²) in [5.74, 6) is 0.890. The Labute approximate surface area is 95.9 Å². The highest BCUT2D eigenvalue weighted by molar-refractivity contribution is 7.09. The number of aryl methyl sites for hydroxylation is 1. The highest BCUT2D eigenvalue weighted by Gasteiger charge is 2.18. The van der Waals surface area contributed by atoms with Crippen LogP contribution in [0.3, 0.4) is 0 Å². The van der Waals surface area contributed by atoms with Crippen molar-refractivity contribution in [1.82, 2.24) is 4.98 Å². The van der Waals surface area contributed by atoms with Crippen molar-refractivity contribution in [3.05, 3.63) is 16.1 Å². The predicted molar refractivity (Wildman–Crippen MR) is 65.1 cm³/mol. The number of rotatable bonds is 4. The second-order valence-corrected chi connectivity index (χ2v) is 5.68. The predicted octanol–water partition coefficient (Wildman–Crippen LogP) is 2.90. The lowest BCUT2D eigenvalue weighted by Crippen LogP contribution is -2.25. The van der Waals surface area contributed by atoms with Crippen molar-refractivity contribution in [1.29, 1.82) is 0 Å². The summed E-state index contributed by atoms with van der Waals surface area (Å²) in [5.41, 5.74) is 7.29. The van der Waals surface area contributed by atoms with Crippen molar-refractivity contribution in [3.8, 4) is 0 Å². The van der Waals surface area contributed by atoms with Crippen molar-refractivity contribution in [2.45, 2.75) is 51.5 Å². The molecule has 84 valence electrons. The third-order valence-electron chi connectivity index (χ3n) is 3.21. The van der Waals surface area contributed by atoms with Crippen LogP contribution < -0.4 is 5.73 Å². The molecule has 0 saturated heterocycles. The van der Waals surface area contributed by atoms with Gasteiger partial charge >= 0.3 is 0 Å². The zero-order valence-electron chi connectivity index (χ0n) is 9.41. The van der Waals surface area contributed by atoms with E-state index in [0.717, 1.165) is 18.0 Å². The van der Waals surface area contributed by atoms with Gasteiger partial charge in [-0.1, -0.05) is 25.7 Å². The molecule has 0 aliphatic heterocycles. The molecule has 3 heteroatoms. The Kier molecular flexibility index (Phi) is 3.76. The standard InChI is InChI=1S/C12H20N2S/c1-9-8-15-12(14-9)7-11(13)6-10-4-2-3-5-10/h8,10-11H,2-7,13H2,1H3. The van der Waals surface area contributed by atoms with E-state index in [9.17, 15) is 0 Å². The number of nitrogens with two attached hydrogens (primary N) is 1. The highest BCUT2D eigenvalue weighted by atomic mass is 32.1. The first-order chi connectivity index (χ1) is 7.24. The van der Waals surface area contributed by atoms with Crippen LogP contribution in [0.2, 0.25) is 0 Å². The number of thiazole rings is 1. The highest BCUT2D eigenvalue weighted by Crippen LogP contribution is 2.28. The molecule has 1 fully saturated rings. The molecule has 1 aliphatic rings. The van der Waals surface area contributed by atoms with Crippen molar-refractivity contribution in [3.63, 3.8) is 0 Å². The summed E-state index contributed by atoms with van der Waals surface area (Å²) in [7, 11) is 0. The molecule has 1 unspecified atom stereocenters. The summed E-state index contributed by atoms with van der Waals surface area (Å²) < 4.78 is 0. The van der Waals surface area contributed by atoms with E-state index >= 15 is 0 Å². The molecule has 2 nitrogen and oxygen atoms in total. The monoisotopic (exact) mass is 224 g/mol. The van der Waals surface area contributed by atoms with Crippen molar-refractivity contribution < 1.29 is 0 Å². The zero-order valence-corrected chi connectivity index (χ0v) is 10.2. The Morgan fingerprint density at radius 1 is 1.53 bits per heavy atom. The van der Waals surface area contributed by atoms with Gasteiger partial charge in [-0.2, -0.15) is 0 Å². The third kappa shape index (κ3) is 3.28. The van der Waals surface area contributed by atoms with Crippen molar-refractivity contribution >= 4 is 11.3 Å². The maximum absolute atomic E-state index is 6.16. The largest absolute Gasteiger partial charge is 0.327 e. The molecule has 1 aromatic heterocycles. The van der Waals surface area contributed by atoms with Crippen LogP contribution in [0.4, 0.5) is 0 Å². The molecule has 15 heavy (non-hydrogen) atoms. The Morgan fingerprint density at radius 3 is 2.87 bits per heavy atom. The quantitative estimate of drug-likeness (QED) is 0.854. The van der Waals surface area contributed by atoms with Gasteiger partial charge in [-0.3, -0.25) is 0 Å². The lowest BCUT2D eigenvalue weighted by Gasteiger charge is -2.14. The van der Waals surface area contributed by atoms with Gasteiger partial charge in [0, 0.05) is 23.5 Å². The van der Waals surface area contributed by atoms with Crippen LogP contribution in [0.1, 0.15) is 42.8 Å². The fourth-order valence-corrected chi connectivity index (χ4v) is 3.34. The Bertz CT molecular complexity index is 302. The average Bonchev–Trinajstić information content (AvgIpc) is 2.77. The van der Waals surface area contributed by atoms with Gasteiger partial charge in [0.25, 0.3) is 0 Å². The minimum absolute atomic E-state index is 0.318. The molecule has 0 bridgehead atoms. The maximum atomic E-state index is 6.16. The molecule has 1 aromatic rings. The lowest BCUT2D eigenvalue weighted by atomic mass is 9.97. The summed E-state index contributed by atoms with van der Waals surface area (Å²) in [6, 6.07) is 0.318. The van der Waals surface area contributed by atoms with Crippen molar-refractivity contribution in [2.24, 2.45) is 11.7 Å². The van der Waals surface area contributed by atoms with Crippen LogP contribution in [0, 0.1) is 12.8 Å². The lowest BCUT2D eigenvalue weighted by molar-refractivity contribution is 0.440. The molecule has 1 heterocycles. The van der Waals surface area contributed by atoms with Gasteiger partial charge in [-0.05, 0) is 19.3 Å². The van der Waals surface area contributed by atoms with Gasteiger partial charge in [0.05, 0.1) is 5.01 Å². The zero-order chi connectivity index (χ0) is 10.7. The van der Waals surface area contributed by atoms with Gasteiger partial charge in [0.1, 0.15) is 0 Å². The van der Waals surface area contributed by atoms with Crippen LogP contribution in [-0.4, -0.2) is 11.0 Å². The summed E-state index contributed by atoms with van der Waals surface area (Å²) in [5, 5.41) is 3.32. The molecule has 1 aliphatic carbocycles. The minimum atomic E-state index is 0.318. The van der Waals surface area contributed by atoms with Gasteiger partial charge in [0.2, 0.25) is 0 Å². The van der Waals surface area contributed by atoms with Crippen molar-refractivity contribution in [2.75, 3.05) is 0 Å². The van der Waals surface area contributed by atoms with Gasteiger partial charge in [0.15, 0.2) is 0 Å². The second kappa shape index (κ2) is 5.08. The van der Waals surface area contributed by atoms with E-state index in [1.807, 2.05) is 6.92 Å². The molecule has 0 amide bonds. The number of hydrogen-bond donors (Lipinski definition) is 1. The first-order valence-electron chi connectivity index (χ1n) is 5.90. The molecule has 2 N–H and O–H groups in total. The van der Waals surface area contributed by atoms with E-state index in [0.29, 0.717) is 6.04 Å². The summed E-state index contributed by atoms with van der Waals surface area (Å²) in [4.78, 5) is 4.46. The molecular formula is C12H20N2S. The van der Waals surface area contributed by atoms with Crippen LogP contribution in [0.15, 0.2) is 5.38 Å². The van der Waals surface area contributed by atoms with Gasteiger partial charge in [-0.25, -0.2) is 4.98 Å². The summed E-state index contributed by atoms with van der Waals surface area (Å²) in [6.07, 6.45) is 7.77. The molecular weight excluding hydrogens is 204 g/mol.